The van der Waals surface area contributed by atoms with Crippen molar-refractivity contribution in [1.29, 1.82) is 0 Å². The quantitative estimate of drug-likeness (QED) is 0.571. The molecule has 1 heterocycles. The molecule has 0 fully saturated rings. The fourth-order valence-electron chi connectivity index (χ4n) is 1.32. The van der Waals surface area contributed by atoms with Crippen LogP contribution in [0.3, 0.4) is 0 Å². The second-order valence-electron chi connectivity index (χ2n) is 3.33. The Labute approximate surface area is 111 Å². The normalized spacial score (nSPS) is 9.94. The van der Waals surface area contributed by atoms with Gasteiger partial charge in [0, 0.05) is 13.1 Å². The Bertz CT molecular complexity index is 401. The Kier molecular flexibility index (Phi) is 6.27. The van der Waals surface area contributed by atoms with E-state index in [1.807, 2.05) is 13.8 Å². The number of amides is 1. The van der Waals surface area contributed by atoms with Crippen LogP contribution >= 0.6 is 11.8 Å². The zero-order valence-electron chi connectivity index (χ0n) is 10.8. The van der Waals surface area contributed by atoms with E-state index in [2.05, 4.69) is 20.6 Å². The summed E-state index contributed by atoms with van der Waals surface area (Å²) in [5.74, 6) is 1.52. The Morgan fingerprint density at radius 1 is 1.39 bits per heavy atom. The summed E-state index contributed by atoms with van der Waals surface area (Å²) in [6, 6.07) is 0. The van der Waals surface area contributed by atoms with Crippen molar-refractivity contribution < 1.29 is 9.53 Å². The third kappa shape index (κ3) is 4.06. The molecule has 0 radical (unpaired) electrons. The number of nitrogens with one attached hydrogen (secondary N) is 2. The minimum atomic E-state index is -0.0202. The van der Waals surface area contributed by atoms with Crippen LogP contribution in [-0.2, 0) is 4.79 Å². The number of nitrogens with zero attached hydrogens (tertiary/aromatic N) is 2. The predicted molar refractivity (Wildman–Crippen MR) is 72.2 cm³/mol. The van der Waals surface area contributed by atoms with Crippen molar-refractivity contribution in [3.8, 4) is 5.75 Å². The van der Waals surface area contributed by atoms with Gasteiger partial charge < -0.3 is 15.4 Å². The smallest absolute Gasteiger partial charge is 0.230 e. The highest BCUT2D eigenvalue weighted by atomic mass is 32.2. The number of carbonyl (C=O) groups is 1. The molecule has 1 aromatic heterocycles. The zero-order valence-corrected chi connectivity index (χ0v) is 11.6. The molecule has 0 aromatic carbocycles. The number of anilines is 1. The van der Waals surface area contributed by atoms with Crippen molar-refractivity contribution >= 4 is 23.5 Å². The maximum atomic E-state index is 11.4. The van der Waals surface area contributed by atoms with Crippen LogP contribution in [0.4, 0.5) is 5.82 Å². The SMILES string of the molecule is CCNC(=O)CSc1ncnc(NCC)c1OC. The molecular formula is C11H18N4O2S. The summed E-state index contributed by atoms with van der Waals surface area (Å²) < 4.78 is 5.28. The predicted octanol–water partition coefficient (Wildman–Crippen LogP) is 1.15. The van der Waals surface area contributed by atoms with Crippen molar-refractivity contribution in [3.63, 3.8) is 0 Å². The third-order valence-corrected chi connectivity index (χ3v) is 3.00. The van der Waals surface area contributed by atoms with Crippen molar-refractivity contribution in [3.05, 3.63) is 6.33 Å². The summed E-state index contributed by atoms with van der Waals surface area (Å²) in [4.78, 5) is 19.6. The molecule has 1 amide bonds. The average Bonchev–Trinajstić information content (AvgIpc) is 2.37. The van der Waals surface area contributed by atoms with Crippen molar-refractivity contribution in [2.75, 3.05) is 31.3 Å². The molecule has 0 bridgehead atoms. The van der Waals surface area contributed by atoms with Gasteiger partial charge in [0.15, 0.2) is 11.6 Å². The Hall–Kier alpha value is -1.50. The van der Waals surface area contributed by atoms with Gasteiger partial charge >= 0.3 is 0 Å². The van der Waals surface area contributed by atoms with E-state index in [0.717, 1.165) is 6.54 Å². The molecule has 0 spiro atoms. The van der Waals surface area contributed by atoms with Gasteiger partial charge in [0.2, 0.25) is 5.91 Å². The lowest BCUT2D eigenvalue weighted by molar-refractivity contribution is -0.118. The Morgan fingerprint density at radius 3 is 2.78 bits per heavy atom. The molecule has 2 N–H and O–H groups in total. The lowest BCUT2D eigenvalue weighted by Gasteiger charge is -2.11. The van der Waals surface area contributed by atoms with Crippen LogP contribution in [-0.4, -0.2) is 41.8 Å². The zero-order chi connectivity index (χ0) is 13.4. The van der Waals surface area contributed by atoms with E-state index < -0.39 is 0 Å². The van der Waals surface area contributed by atoms with Crippen LogP contribution < -0.4 is 15.4 Å². The number of hydrogen-bond acceptors (Lipinski definition) is 6. The van der Waals surface area contributed by atoms with E-state index in [0.29, 0.717) is 28.9 Å². The maximum Gasteiger partial charge on any atom is 0.230 e. The summed E-state index contributed by atoms with van der Waals surface area (Å²) >= 11 is 1.33. The lowest BCUT2D eigenvalue weighted by Crippen LogP contribution is -2.24. The summed E-state index contributed by atoms with van der Waals surface area (Å²) in [5.41, 5.74) is 0. The number of rotatable bonds is 7. The number of hydrogen-bond donors (Lipinski definition) is 2. The first-order chi connectivity index (χ1) is 8.72. The number of thioether (sulfide) groups is 1. The first-order valence-electron chi connectivity index (χ1n) is 5.75. The minimum absolute atomic E-state index is 0.0202. The van der Waals surface area contributed by atoms with Gasteiger partial charge in [-0.2, -0.15) is 0 Å². The highest BCUT2D eigenvalue weighted by Crippen LogP contribution is 2.31. The topological polar surface area (TPSA) is 76.1 Å². The molecular weight excluding hydrogens is 252 g/mol. The van der Waals surface area contributed by atoms with Crippen LogP contribution in [0.1, 0.15) is 13.8 Å². The van der Waals surface area contributed by atoms with Gasteiger partial charge in [-0.25, -0.2) is 9.97 Å². The van der Waals surface area contributed by atoms with E-state index in [1.165, 1.54) is 18.1 Å². The molecule has 0 saturated carbocycles. The number of methoxy groups -OCH3 is 1. The summed E-state index contributed by atoms with van der Waals surface area (Å²) in [5, 5.41) is 6.49. The van der Waals surface area contributed by atoms with Crippen LogP contribution in [0, 0.1) is 0 Å². The van der Waals surface area contributed by atoms with Crippen molar-refractivity contribution in [2.45, 2.75) is 18.9 Å². The molecule has 0 unspecified atom stereocenters. The number of ether oxygens (including phenoxy) is 1. The highest BCUT2D eigenvalue weighted by Gasteiger charge is 2.13. The first kappa shape index (κ1) is 14.6. The summed E-state index contributed by atoms with van der Waals surface area (Å²) in [7, 11) is 1.57. The van der Waals surface area contributed by atoms with Gasteiger partial charge in [0.05, 0.1) is 12.9 Å². The Morgan fingerprint density at radius 2 is 2.17 bits per heavy atom. The van der Waals surface area contributed by atoms with Crippen LogP contribution in [0.2, 0.25) is 0 Å². The molecule has 7 heteroatoms. The number of carbonyl (C=O) groups excluding carboxylic acids is 1. The van der Waals surface area contributed by atoms with Gasteiger partial charge in [-0.05, 0) is 13.8 Å². The monoisotopic (exact) mass is 270 g/mol. The molecule has 0 aliphatic heterocycles. The number of aromatic nitrogens is 2. The standard InChI is InChI=1S/C11H18N4O2S/c1-4-12-8(16)6-18-11-9(17-3)10(13-5-2)14-7-15-11/h7H,4-6H2,1-3H3,(H,12,16)(H,13,14,15). The largest absolute Gasteiger partial charge is 0.490 e. The molecule has 0 saturated heterocycles. The van der Waals surface area contributed by atoms with Gasteiger partial charge in [0.25, 0.3) is 0 Å². The van der Waals surface area contributed by atoms with Gasteiger partial charge in [0.1, 0.15) is 11.4 Å². The molecule has 6 nitrogen and oxygen atoms in total. The first-order valence-corrected chi connectivity index (χ1v) is 6.73. The fraction of sp³-hybridized carbons (Fsp3) is 0.545. The Balaban J connectivity index is 2.75. The second kappa shape index (κ2) is 7.75. The van der Waals surface area contributed by atoms with Gasteiger partial charge in [-0.3, -0.25) is 4.79 Å². The molecule has 18 heavy (non-hydrogen) atoms. The fourth-order valence-corrected chi connectivity index (χ4v) is 2.12. The molecule has 0 aliphatic carbocycles. The average molecular weight is 270 g/mol. The van der Waals surface area contributed by atoms with Crippen LogP contribution in [0.25, 0.3) is 0 Å². The van der Waals surface area contributed by atoms with E-state index in [4.69, 9.17) is 4.74 Å². The van der Waals surface area contributed by atoms with E-state index in [-0.39, 0.29) is 5.91 Å². The van der Waals surface area contributed by atoms with Gasteiger partial charge in [-0.15, -0.1) is 0 Å². The molecule has 1 aromatic rings. The molecule has 100 valence electrons. The van der Waals surface area contributed by atoms with E-state index in [9.17, 15) is 4.79 Å². The lowest BCUT2D eigenvalue weighted by atomic mass is 10.5. The summed E-state index contributed by atoms with van der Waals surface area (Å²) in [6.07, 6.45) is 1.46. The maximum absolute atomic E-state index is 11.4. The molecule has 1 rings (SSSR count). The summed E-state index contributed by atoms with van der Waals surface area (Å²) in [6.45, 7) is 5.23. The van der Waals surface area contributed by atoms with Crippen LogP contribution in [0.5, 0.6) is 5.75 Å². The highest BCUT2D eigenvalue weighted by molar-refractivity contribution is 8.00. The van der Waals surface area contributed by atoms with Crippen molar-refractivity contribution in [2.24, 2.45) is 0 Å². The minimum Gasteiger partial charge on any atom is -0.490 e. The second-order valence-corrected chi connectivity index (χ2v) is 4.30. The van der Waals surface area contributed by atoms with Crippen molar-refractivity contribution in [1.82, 2.24) is 15.3 Å². The van der Waals surface area contributed by atoms with E-state index >= 15 is 0 Å². The van der Waals surface area contributed by atoms with E-state index in [1.54, 1.807) is 7.11 Å². The molecule has 0 atom stereocenters. The third-order valence-electron chi connectivity index (χ3n) is 2.03. The van der Waals surface area contributed by atoms with Gasteiger partial charge in [-0.1, -0.05) is 11.8 Å². The molecule has 0 aliphatic rings. The van der Waals surface area contributed by atoms with Crippen LogP contribution in [0.15, 0.2) is 11.4 Å².